The number of ether oxygens (including phenoxy) is 2. The van der Waals surface area contributed by atoms with E-state index in [1.165, 1.54) is 4.68 Å². The van der Waals surface area contributed by atoms with Crippen LogP contribution in [-0.2, 0) is 11.3 Å². The van der Waals surface area contributed by atoms with Crippen molar-refractivity contribution in [1.29, 1.82) is 0 Å². The molecule has 1 N–H and O–H groups in total. The number of benzene rings is 2. The molecule has 1 aliphatic heterocycles. The van der Waals surface area contributed by atoms with E-state index in [0.717, 1.165) is 10.9 Å². The molecule has 0 bridgehead atoms. The highest BCUT2D eigenvalue weighted by Crippen LogP contribution is 2.32. The molecular weight excluding hydrogens is 346 g/mol. The van der Waals surface area contributed by atoms with E-state index in [2.05, 4.69) is 10.4 Å². The lowest BCUT2D eigenvalue weighted by atomic mass is 10.1. The Morgan fingerprint density at radius 2 is 1.96 bits per heavy atom. The molecule has 0 saturated carbocycles. The highest BCUT2D eigenvalue weighted by atomic mass is 16.6. The number of hydrogen-bond acceptors (Lipinski definition) is 5. The molecule has 4 rings (SSSR count). The molecule has 2 heterocycles. The minimum Gasteiger partial charge on any atom is -0.486 e. The number of nitrogens with zero attached hydrogens (tertiary/aromatic N) is 2. The molecule has 1 aromatic heterocycles. The number of amides is 1. The van der Waals surface area contributed by atoms with E-state index in [-0.39, 0.29) is 24.1 Å². The fourth-order valence-corrected chi connectivity index (χ4v) is 3.08. The zero-order valence-corrected chi connectivity index (χ0v) is 14.8. The summed E-state index contributed by atoms with van der Waals surface area (Å²) in [6, 6.07) is 12.5. The van der Waals surface area contributed by atoms with Crippen molar-refractivity contribution >= 4 is 16.7 Å². The molecule has 7 nitrogen and oxygen atoms in total. The Labute approximate surface area is 155 Å². The molecule has 0 aliphatic carbocycles. The number of hydrogen-bond donors (Lipinski definition) is 1. The van der Waals surface area contributed by atoms with Crippen LogP contribution in [-0.4, -0.2) is 28.9 Å². The molecule has 7 heteroatoms. The number of carbonyl (C=O) groups excluding carboxylic acids is 1. The van der Waals surface area contributed by atoms with E-state index in [1.54, 1.807) is 18.3 Å². The fraction of sp³-hybridized carbons (Fsp3) is 0.250. The Kier molecular flexibility index (Phi) is 4.50. The van der Waals surface area contributed by atoms with Crippen molar-refractivity contribution in [1.82, 2.24) is 15.1 Å². The van der Waals surface area contributed by atoms with E-state index in [0.29, 0.717) is 30.1 Å². The zero-order valence-electron chi connectivity index (χ0n) is 14.8. The molecule has 2 aromatic carbocycles. The van der Waals surface area contributed by atoms with Crippen LogP contribution < -0.4 is 20.3 Å². The second-order valence-corrected chi connectivity index (χ2v) is 6.39. The Morgan fingerprint density at radius 3 is 2.81 bits per heavy atom. The van der Waals surface area contributed by atoms with Crippen LogP contribution in [0.15, 0.2) is 53.5 Å². The van der Waals surface area contributed by atoms with Gasteiger partial charge >= 0.3 is 0 Å². The summed E-state index contributed by atoms with van der Waals surface area (Å²) in [6.45, 7) is 2.78. The van der Waals surface area contributed by atoms with Gasteiger partial charge < -0.3 is 14.8 Å². The molecule has 0 saturated heterocycles. The lowest BCUT2D eigenvalue weighted by Gasteiger charge is -2.21. The van der Waals surface area contributed by atoms with E-state index >= 15 is 0 Å². The van der Waals surface area contributed by atoms with Crippen molar-refractivity contribution in [2.75, 3.05) is 13.2 Å². The molecule has 0 unspecified atom stereocenters. The highest BCUT2D eigenvalue weighted by molar-refractivity contribution is 5.81. The van der Waals surface area contributed by atoms with Crippen LogP contribution >= 0.6 is 0 Å². The van der Waals surface area contributed by atoms with Gasteiger partial charge in [0.25, 0.3) is 5.56 Å². The van der Waals surface area contributed by atoms with E-state index in [9.17, 15) is 9.59 Å². The Balaban J connectivity index is 1.48. The maximum Gasteiger partial charge on any atom is 0.275 e. The Morgan fingerprint density at radius 1 is 1.19 bits per heavy atom. The predicted molar refractivity (Wildman–Crippen MR) is 100.0 cm³/mol. The summed E-state index contributed by atoms with van der Waals surface area (Å²) >= 11 is 0. The molecule has 0 radical (unpaired) electrons. The van der Waals surface area contributed by atoms with E-state index in [4.69, 9.17) is 9.47 Å². The van der Waals surface area contributed by atoms with Crippen LogP contribution in [0.3, 0.4) is 0 Å². The van der Waals surface area contributed by atoms with E-state index < -0.39 is 0 Å². The first-order valence-corrected chi connectivity index (χ1v) is 8.75. The van der Waals surface area contributed by atoms with Crippen LogP contribution in [0, 0.1) is 0 Å². The van der Waals surface area contributed by atoms with Gasteiger partial charge in [-0.3, -0.25) is 9.59 Å². The van der Waals surface area contributed by atoms with Crippen molar-refractivity contribution in [3.8, 4) is 11.5 Å². The quantitative estimate of drug-likeness (QED) is 0.765. The fourth-order valence-electron chi connectivity index (χ4n) is 3.08. The summed E-state index contributed by atoms with van der Waals surface area (Å²) in [5.74, 6) is 1.09. The molecule has 138 valence electrons. The molecule has 27 heavy (non-hydrogen) atoms. The maximum absolute atomic E-state index is 12.5. The van der Waals surface area contributed by atoms with Crippen molar-refractivity contribution < 1.29 is 14.3 Å². The summed E-state index contributed by atoms with van der Waals surface area (Å²) in [4.78, 5) is 24.9. The predicted octanol–water partition coefficient (Wildman–Crippen LogP) is 2.05. The van der Waals surface area contributed by atoms with Crippen molar-refractivity contribution in [2.45, 2.75) is 19.5 Å². The van der Waals surface area contributed by atoms with Crippen LogP contribution in [0.4, 0.5) is 0 Å². The van der Waals surface area contributed by atoms with Crippen molar-refractivity contribution in [3.63, 3.8) is 0 Å². The van der Waals surface area contributed by atoms with Gasteiger partial charge in [0.15, 0.2) is 11.5 Å². The molecule has 1 amide bonds. The van der Waals surface area contributed by atoms with Gasteiger partial charge in [0, 0.05) is 5.39 Å². The summed E-state index contributed by atoms with van der Waals surface area (Å²) in [7, 11) is 0. The number of fused-ring (bicyclic) bond motifs is 2. The molecule has 0 fully saturated rings. The third-order valence-corrected chi connectivity index (χ3v) is 4.50. The van der Waals surface area contributed by atoms with Crippen LogP contribution in [0.1, 0.15) is 18.5 Å². The Hall–Kier alpha value is -3.35. The molecule has 3 aromatic rings. The Bertz CT molecular complexity index is 1060. The van der Waals surface area contributed by atoms with Gasteiger partial charge in [0.05, 0.1) is 17.6 Å². The summed E-state index contributed by atoms with van der Waals surface area (Å²) in [5.41, 5.74) is 0.613. The standard InChI is InChI=1S/C20H19N3O4/c1-13(14-6-7-17-18(10-14)27-9-8-26-17)22-19(24)12-23-20(25)16-5-3-2-4-15(16)11-21-23/h2-7,10-11,13H,8-9,12H2,1H3,(H,22,24)/t13-/m1/s1. The van der Waals surface area contributed by atoms with Crippen molar-refractivity contribution in [3.05, 3.63) is 64.6 Å². The number of aromatic nitrogens is 2. The number of carbonyl (C=O) groups is 1. The molecular formula is C20H19N3O4. The van der Waals surface area contributed by atoms with Gasteiger partial charge in [-0.25, -0.2) is 4.68 Å². The van der Waals surface area contributed by atoms with Gasteiger partial charge in [-0.15, -0.1) is 0 Å². The third-order valence-electron chi connectivity index (χ3n) is 4.50. The van der Waals surface area contributed by atoms with Gasteiger partial charge in [-0.1, -0.05) is 24.3 Å². The normalized spacial score (nSPS) is 14.0. The number of nitrogens with one attached hydrogen (secondary N) is 1. The summed E-state index contributed by atoms with van der Waals surface area (Å²) in [5, 5.41) is 8.28. The minimum atomic E-state index is -0.290. The second kappa shape index (κ2) is 7.11. The second-order valence-electron chi connectivity index (χ2n) is 6.39. The summed E-state index contributed by atoms with van der Waals surface area (Å²) in [6.07, 6.45) is 1.59. The van der Waals surface area contributed by atoms with Gasteiger partial charge in [0.1, 0.15) is 19.8 Å². The lowest BCUT2D eigenvalue weighted by molar-refractivity contribution is -0.122. The number of rotatable bonds is 4. The van der Waals surface area contributed by atoms with Crippen LogP contribution in [0.25, 0.3) is 10.8 Å². The lowest BCUT2D eigenvalue weighted by Crippen LogP contribution is -2.35. The van der Waals surface area contributed by atoms with Gasteiger partial charge in [-0.2, -0.15) is 5.10 Å². The topological polar surface area (TPSA) is 82.5 Å². The van der Waals surface area contributed by atoms with Gasteiger partial charge in [0.2, 0.25) is 5.91 Å². The average Bonchev–Trinajstić information content (AvgIpc) is 2.70. The van der Waals surface area contributed by atoms with Crippen LogP contribution in [0.2, 0.25) is 0 Å². The minimum absolute atomic E-state index is 0.140. The first-order valence-electron chi connectivity index (χ1n) is 8.75. The maximum atomic E-state index is 12.5. The molecule has 1 atom stereocenters. The smallest absolute Gasteiger partial charge is 0.275 e. The highest BCUT2D eigenvalue weighted by Gasteiger charge is 2.16. The monoisotopic (exact) mass is 365 g/mol. The average molecular weight is 365 g/mol. The third kappa shape index (κ3) is 3.48. The largest absolute Gasteiger partial charge is 0.486 e. The molecule has 1 aliphatic rings. The molecule has 0 spiro atoms. The zero-order chi connectivity index (χ0) is 18.8. The van der Waals surface area contributed by atoms with Crippen molar-refractivity contribution in [2.24, 2.45) is 0 Å². The SMILES string of the molecule is C[C@@H](NC(=O)Cn1ncc2ccccc2c1=O)c1ccc2c(c1)OCCO2. The first kappa shape index (κ1) is 17.1. The summed E-state index contributed by atoms with van der Waals surface area (Å²) < 4.78 is 12.3. The van der Waals surface area contributed by atoms with E-state index in [1.807, 2.05) is 37.3 Å². The van der Waals surface area contributed by atoms with Gasteiger partial charge in [-0.05, 0) is 30.7 Å². The first-order chi connectivity index (χ1) is 13.1. The van der Waals surface area contributed by atoms with Crippen LogP contribution in [0.5, 0.6) is 11.5 Å².